The molecule has 0 saturated heterocycles. The molecule has 12 rings (SSSR count). The lowest BCUT2D eigenvalue weighted by Crippen LogP contribution is -2.16. The van der Waals surface area contributed by atoms with Gasteiger partial charge in [-0.2, -0.15) is 5.21 Å². The fourth-order valence-electron chi connectivity index (χ4n) is 8.55. The van der Waals surface area contributed by atoms with Crippen LogP contribution in [0.15, 0.2) is 233 Å². The number of hydrogen-bond donors (Lipinski definition) is 6. The summed E-state index contributed by atoms with van der Waals surface area (Å²) in [5, 5.41) is 19.7. The molecule has 0 radical (unpaired) electrons. The van der Waals surface area contributed by atoms with Crippen LogP contribution in [0, 0.1) is 6.92 Å². The number of carbonyl (C=O) groups excluding carboxylic acids is 5. The van der Waals surface area contributed by atoms with Crippen LogP contribution in [0.3, 0.4) is 0 Å². The Hall–Kier alpha value is -11.0. The second-order valence-corrected chi connectivity index (χ2v) is 33.5. The molecule has 0 amide bonds. The molecule has 41 heteroatoms. The Balaban J connectivity index is 0.000000168. The van der Waals surface area contributed by atoms with Crippen LogP contribution in [0.25, 0.3) is 21.5 Å². The van der Waals surface area contributed by atoms with E-state index in [-0.39, 0.29) is 61.9 Å². The number of ether oxygens (including phenoxy) is 5. The predicted octanol–water partition coefficient (Wildman–Crippen LogP) is 11.8. The molecule has 0 fully saturated rings. The first kappa shape index (κ1) is 80.7. The van der Waals surface area contributed by atoms with Gasteiger partial charge in [0, 0.05) is 33.3 Å². The zero-order chi connectivity index (χ0) is 76.8. The number of nitrogens with zero attached hydrogens (tertiary/aromatic N) is 4. The number of benzene rings is 5. The van der Waals surface area contributed by atoms with Crippen LogP contribution in [-0.2, 0) is 73.8 Å². The summed E-state index contributed by atoms with van der Waals surface area (Å²) < 4.78 is 164. The van der Waals surface area contributed by atoms with E-state index in [1.165, 1.54) is 160 Å². The van der Waals surface area contributed by atoms with Crippen molar-refractivity contribution in [1.29, 1.82) is 0 Å². The molecular weight excluding hydrogens is 1580 g/mol. The molecule has 0 bridgehead atoms. The van der Waals surface area contributed by atoms with Gasteiger partial charge in [-0.25, -0.2) is 71.0 Å². The first-order chi connectivity index (χ1) is 50.5. The number of aromatic nitrogens is 5. The summed E-state index contributed by atoms with van der Waals surface area (Å²) in [5.74, 6) is -2.66. The van der Waals surface area contributed by atoms with Gasteiger partial charge in [0.05, 0.1) is 57.7 Å². The number of H-pyrrole nitrogens is 1. The number of thiophene rings is 5. The van der Waals surface area contributed by atoms with Crippen molar-refractivity contribution >= 4 is 165 Å². The Morgan fingerprint density at radius 1 is 0.396 bits per heavy atom. The standard InChI is InChI=1S/2C14H13NO6S2.C13H10N2O3S2.C13H13NO4S2.C11H9N5O2S2/c1-20-13(16)9-3-5-10(6-4-9)15-23(18,19)11-7-8-22-12(11)14(17)21-2;1-20-13(16)9-4-3-5-10(8-9)15-23(18,19)11-6-7-22-12(11)14(17)21-2;16-20(17,15-10-4-2-1-3-5-10)11-6-9-19-12(11)13-14-7-8-18-13;1-9-8-11(12(19-9)13(15)18-2)20(16,17)14-10-6-4-3-5-7-10;17-20(18,14-8-4-2-1-3-5-8)9-6-7-19-10(9)11-12-15-16-13-11/h2*3-8,15H,1-2H3;1-9,15H;3-8,14H,1-2H3;1-7,14H,(H,12,13,15,16). The van der Waals surface area contributed by atoms with Gasteiger partial charge in [-0.15, -0.1) is 66.9 Å². The molecule has 0 unspecified atom stereocenters. The van der Waals surface area contributed by atoms with Crippen molar-refractivity contribution in [2.75, 3.05) is 59.2 Å². The number of hydrogen-bond acceptors (Lipinski definition) is 30. The van der Waals surface area contributed by atoms with Gasteiger partial charge in [-0.05, 0) is 143 Å². The molecule has 12 aromatic rings. The second kappa shape index (κ2) is 36.6. The molecule has 6 N–H and O–H groups in total. The van der Waals surface area contributed by atoms with Gasteiger partial charge in [0.25, 0.3) is 50.1 Å². The van der Waals surface area contributed by atoms with Crippen LogP contribution in [0.1, 0.15) is 54.6 Å². The molecule has 0 aliphatic carbocycles. The van der Waals surface area contributed by atoms with Crippen LogP contribution >= 0.6 is 56.7 Å². The van der Waals surface area contributed by atoms with Crippen LogP contribution < -0.4 is 23.6 Å². The van der Waals surface area contributed by atoms with Gasteiger partial charge in [-0.3, -0.25) is 23.6 Å². The zero-order valence-electron chi connectivity index (χ0n) is 55.6. The van der Waals surface area contributed by atoms with Gasteiger partial charge in [0.2, 0.25) is 11.7 Å². The van der Waals surface area contributed by atoms with Crippen molar-refractivity contribution in [3.05, 3.63) is 234 Å². The molecule has 7 heterocycles. The second-order valence-electron chi connectivity index (χ2n) is 20.3. The number of oxazole rings is 1. The molecule has 0 spiro atoms. The maximum absolute atomic E-state index is 12.4. The van der Waals surface area contributed by atoms with Crippen molar-refractivity contribution in [2.24, 2.45) is 0 Å². The third kappa shape index (κ3) is 21.3. The van der Waals surface area contributed by atoms with E-state index in [9.17, 15) is 66.1 Å². The fraction of sp³-hybridized carbons (Fsp3) is 0.0923. The number of para-hydroxylation sites is 3. The lowest BCUT2D eigenvalue weighted by atomic mass is 10.2. The van der Waals surface area contributed by atoms with Crippen molar-refractivity contribution < 1.29 is 94.2 Å². The third-order valence-electron chi connectivity index (χ3n) is 13.2. The van der Waals surface area contributed by atoms with E-state index >= 15 is 0 Å². The number of carbonyl (C=O) groups is 5. The van der Waals surface area contributed by atoms with Crippen molar-refractivity contribution in [3.8, 4) is 21.5 Å². The van der Waals surface area contributed by atoms with Crippen molar-refractivity contribution in [1.82, 2.24) is 25.6 Å². The quantitative estimate of drug-likeness (QED) is 0.0271. The monoisotopic (exact) mass is 1630 g/mol. The lowest BCUT2D eigenvalue weighted by molar-refractivity contribution is 0.0592. The van der Waals surface area contributed by atoms with Crippen LogP contribution in [0.4, 0.5) is 28.4 Å². The SMILES string of the molecule is COC(=O)c1ccc(NS(=O)(=O)c2ccsc2C(=O)OC)cc1.COC(=O)c1cccc(NS(=O)(=O)c2ccsc2C(=O)OC)c1.COC(=O)c1sc(C)cc1S(=O)(=O)Nc1ccccc1.O=S(=O)(Nc1ccccc1)c1ccsc1-c1ncco1.O=S(=O)(Nc1ccccc1)c1ccsc1-c1nn[nH]n1. The number of rotatable bonds is 22. The Kier molecular flexibility index (Phi) is 27.9. The Bertz CT molecular complexity index is 5440. The van der Waals surface area contributed by atoms with E-state index in [0.29, 0.717) is 38.3 Å². The normalized spacial score (nSPS) is 11.1. The summed E-state index contributed by atoms with van der Waals surface area (Å²) in [6.45, 7) is 1.73. The van der Waals surface area contributed by atoms with E-state index < -0.39 is 80.0 Å². The first-order valence-electron chi connectivity index (χ1n) is 29.5. The highest BCUT2D eigenvalue weighted by molar-refractivity contribution is 7.94. The smallest absolute Gasteiger partial charge is 0.349 e. The summed E-state index contributed by atoms with van der Waals surface area (Å²) in [5.41, 5.74) is 2.36. The number of sulfonamides is 5. The molecule has 0 aliphatic rings. The number of anilines is 5. The highest BCUT2D eigenvalue weighted by Gasteiger charge is 2.30. The first-order valence-corrected chi connectivity index (χ1v) is 41.2. The summed E-state index contributed by atoms with van der Waals surface area (Å²) in [7, 11) is -13.1. The van der Waals surface area contributed by atoms with E-state index in [1.54, 1.807) is 96.5 Å². The van der Waals surface area contributed by atoms with Gasteiger partial charge >= 0.3 is 29.8 Å². The fourth-order valence-corrected chi connectivity index (χ4v) is 20.7. The van der Waals surface area contributed by atoms with Gasteiger partial charge in [-0.1, -0.05) is 60.7 Å². The maximum atomic E-state index is 12.4. The maximum Gasteiger partial charge on any atom is 0.349 e. The van der Waals surface area contributed by atoms with E-state index in [2.05, 4.69) is 72.9 Å². The van der Waals surface area contributed by atoms with E-state index in [1.807, 2.05) is 12.1 Å². The minimum Gasteiger partial charge on any atom is -0.465 e. The molecule has 554 valence electrons. The third-order valence-corrected chi connectivity index (χ3v) is 25.6. The number of methoxy groups -OCH3 is 5. The van der Waals surface area contributed by atoms with Gasteiger partial charge in [0.1, 0.15) is 50.2 Å². The molecule has 31 nitrogen and oxygen atoms in total. The molecule has 0 saturated carbocycles. The van der Waals surface area contributed by atoms with Crippen molar-refractivity contribution in [3.63, 3.8) is 0 Å². The number of aryl methyl sites for hydroxylation is 1. The number of esters is 5. The topological polar surface area (TPSA) is 443 Å². The zero-order valence-corrected chi connectivity index (χ0v) is 63.7. The number of aromatic amines is 1. The molecule has 106 heavy (non-hydrogen) atoms. The average Bonchev–Trinajstić information content (AvgIpc) is 1.64. The van der Waals surface area contributed by atoms with E-state index in [4.69, 9.17) is 4.42 Å². The minimum atomic E-state index is -4.00. The molecule has 7 aromatic heterocycles. The highest BCUT2D eigenvalue weighted by atomic mass is 32.2. The summed E-state index contributed by atoms with van der Waals surface area (Å²) in [6.07, 6.45) is 2.89. The minimum absolute atomic E-state index is 0.00817. The molecular formula is C65H58N10O21S10. The van der Waals surface area contributed by atoms with Crippen LogP contribution in [0.2, 0.25) is 0 Å². The number of nitrogens with one attached hydrogen (secondary N) is 6. The van der Waals surface area contributed by atoms with Gasteiger partial charge in [0.15, 0.2) is 0 Å². The Labute approximate surface area is 626 Å². The highest BCUT2D eigenvalue weighted by Crippen LogP contribution is 2.35. The van der Waals surface area contributed by atoms with Crippen LogP contribution in [0.5, 0.6) is 0 Å². The largest absolute Gasteiger partial charge is 0.465 e. The summed E-state index contributed by atoms with van der Waals surface area (Å²) in [6, 6.07) is 44.6. The molecule has 0 atom stereocenters. The average molecular weight is 1640 g/mol. The predicted molar refractivity (Wildman–Crippen MR) is 398 cm³/mol. The van der Waals surface area contributed by atoms with Crippen molar-refractivity contribution in [2.45, 2.75) is 31.4 Å². The lowest BCUT2D eigenvalue weighted by Gasteiger charge is -2.09. The van der Waals surface area contributed by atoms with Crippen LogP contribution in [-0.4, -0.2) is 133 Å². The Morgan fingerprint density at radius 3 is 1.23 bits per heavy atom. The van der Waals surface area contributed by atoms with E-state index in [0.717, 1.165) is 38.9 Å². The molecule has 5 aromatic carbocycles. The number of tetrazole rings is 1. The summed E-state index contributed by atoms with van der Waals surface area (Å²) >= 11 is 5.54. The Morgan fingerprint density at radius 2 is 0.783 bits per heavy atom. The van der Waals surface area contributed by atoms with Gasteiger partial charge < -0.3 is 28.1 Å². The molecule has 0 aliphatic heterocycles. The summed E-state index contributed by atoms with van der Waals surface area (Å²) in [4.78, 5) is 63.2.